The molecule has 36 heavy (non-hydrogen) atoms. The first kappa shape index (κ1) is 24.3. The van der Waals surface area contributed by atoms with E-state index < -0.39 is 15.3 Å². The van der Waals surface area contributed by atoms with E-state index in [0.717, 1.165) is 46.3 Å². The lowest BCUT2D eigenvalue weighted by molar-refractivity contribution is 0.204. The fraction of sp³-hybridized carbons (Fsp3) is 0.333. The molecule has 0 amide bonds. The summed E-state index contributed by atoms with van der Waals surface area (Å²) in [6.07, 6.45) is 5.32. The van der Waals surface area contributed by atoms with Crippen molar-refractivity contribution in [2.75, 3.05) is 12.3 Å². The van der Waals surface area contributed by atoms with Crippen molar-refractivity contribution in [1.29, 1.82) is 0 Å². The lowest BCUT2D eigenvalue weighted by Crippen LogP contribution is -2.39. The zero-order valence-corrected chi connectivity index (χ0v) is 21.3. The fourth-order valence-electron chi connectivity index (χ4n) is 4.59. The van der Waals surface area contributed by atoms with Crippen molar-refractivity contribution in [3.05, 3.63) is 72.7 Å². The quantitative estimate of drug-likeness (QED) is 0.345. The number of nitrogens with zero attached hydrogens (tertiary/aromatic N) is 3. The molecule has 0 bridgehead atoms. The van der Waals surface area contributed by atoms with Gasteiger partial charge in [0, 0.05) is 24.3 Å². The van der Waals surface area contributed by atoms with Gasteiger partial charge in [0.2, 0.25) is 10.0 Å². The Bertz CT molecular complexity index is 1460. The minimum atomic E-state index is -3.26. The first-order valence-corrected chi connectivity index (χ1v) is 13.7. The SMILES string of the molecule is CC(C)S(=O)(=O)NC[C@H]1C[C@H](n2cc(-c3cccc(OCc4ccccc4)c3)c3c(N)ncnc32)C1. The Hall–Kier alpha value is -3.43. The molecule has 1 fully saturated rings. The summed E-state index contributed by atoms with van der Waals surface area (Å²) in [4.78, 5) is 8.79. The van der Waals surface area contributed by atoms with Crippen LogP contribution in [0, 0.1) is 5.92 Å². The molecule has 5 rings (SSSR count). The number of rotatable bonds is 9. The Morgan fingerprint density at radius 3 is 2.64 bits per heavy atom. The summed E-state index contributed by atoms with van der Waals surface area (Å²) in [6, 6.07) is 18.2. The van der Waals surface area contributed by atoms with Crippen LogP contribution in [0.4, 0.5) is 5.82 Å². The van der Waals surface area contributed by atoms with Crippen LogP contribution < -0.4 is 15.2 Å². The molecule has 2 aromatic carbocycles. The highest BCUT2D eigenvalue weighted by Crippen LogP contribution is 2.43. The number of sulfonamides is 1. The summed E-state index contributed by atoms with van der Waals surface area (Å²) in [5, 5.41) is 0.387. The maximum atomic E-state index is 12.1. The highest BCUT2D eigenvalue weighted by Gasteiger charge is 2.33. The normalized spacial score (nSPS) is 17.9. The topological polar surface area (TPSA) is 112 Å². The van der Waals surface area contributed by atoms with Gasteiger partial charge in [-0.1, -0.05) is 42.5 Å². The maximum Gasteiger partial charge on any atom is 0.213 e. The monoisotopic (exact) mass is 505 g/mol. The number of nitrogen functional groups attached to an aromatic ring is 1. The Morgan fingerprint density at radius 1 is 1.11 bits per heavy atom. The molecule has 0 spiro atoms. The van der Waals surface area contributed by atoms with Crippen LogP contribution in [-0.2, 0) is 16.6 Å². The average molecular weight is 506 g/mol. The van der Waals surface area contributed by atoms with E-state index in [1.54, 1.807) is 13.8 Å². The minimum Gasteiger partial charge on any atom is -0.489 e. The molecule has 0 radical (unpaired) electrons. The summed E-state index contributed by atoms with van der Waals surface area (Å²) in [5.41, 5.74) is 10.1. The van der Waals surface area contributed by atoms with Gasteiger partial charge < -0.3 is 15.0 Å². The van der Waals surface area contributed by atoms with Gasteiger partial charge in [-0.2, -0.15) is 0 Å². The van der Waals surface area contributed by atoms with Gasteiger partial charge in [-0.15, -0.1) is 0 Å². The number of hydrogen-bond acceptors (Lipinski definition) is 6. The van der Waals surface area contributed by atoms with Crippen LogP contribution in [0.25, 0.3) is 22.2 Å². The summed E-state index contributed by atoms with van der Waals surface area (Å²) < 4.78 is 35.1. The molecular formula is C27H31N5O3S. The Labute approximate surface area is 211 Å². The zero-order chi connectivity index (χ0) is 25.3. The van der Waals surface area contributed by atoms with E-state index >= 15 is 0 Å². The summed E-state index contributed by atoms with van der Waals surface area (Å²) >= 11 is 0. The number of anilines is 1. The Balaban J connectivity index is 1.37. The van der Waals surface area contributed by atoms with Crippen molar-refractivity contribution in [1.82, 2.24) is 19.3 Å². The lowest BCUT2D eigenvalue weighted by Gasteiger charge is -2.36. The Kier molecular flexibility index (Phi) is 6.68. The molecule has 0 aliphatic heterocycles. The molecule has 9 heteroatoms. The number of aromatic nitrogens is 3. The van der Waals surface area contributed by atoms with Gasteiger partial charge in [-0.25, -0.2) is 23.1 Å². The van der Waals surface area contributed by atoms with Gasteiger partial charge in [-0.3, -0.25) is 0 Å². The summed E-state index contributed by atoms with van der Waals surface area (Å²) in [7, 11) is -3.26. The van der Waals surface area contributed by atoms with E-state index in [9.17, 15) is 8.42 Å². The third-order valence-corrected chi connectivity index (χ3v) is 8.64. The fourth-order valence-corrected chi connectivity index (χ4v) is 5.40. The van der Waals surface area contributed by atoms with Crippen molar-refractivity contribution >= 4 is 26.9 Å². The molecule has 1 aliphatic carbocycles. The molecule has 2 aromatic heterocycles. The highest BCUT2D eigenvalue weighted by atomic mass is 32.2. The number of nitrogens with one attached hydrogen (secondary N) is 1. The van der Waals surface area contributed by atoms with Gasteiger partial charge in [0.15, 0.2) is 0 Å². The number of fused-ring (bicyclic) bond motifs is 1. The van der Waals surface area contributed by atoms with E-state index in [-0.39, 0.29) is 6.04 Å². The lowest BCUT2D eigenvalue weighted by atomic mass is 9.80. The van der Waals surface area contributed by atoms with Crippen LogP contribution in [0.1, 0.15) is 38.3 Å². The van der Waals surface area contributed by atoms with E-state index in [1.807, 2.05) is 54.6 Å². The molecule has 4 aromatic rings. The predicted molar refractivity (Wildman–Crippen MR) is 142 cm³/mol. The Morgan fingerprint density at radius 2 is 1.89 bits per heavy atom. The van der Waals surface area contributed by atoms with Gasteiger partial charge in [0.05, 0.1) is 10.6 Å². The molecule has 0 saturated heterocycles. The van der Waals surface area contributed by atoms with E-state index in [1.165, 1.54) is 6.33 Å². The van der Waals surface area contributed by atoms with E-state index in [0.29, 0.717) is 24.9 Å². The largest absolute Gasteiger partial charge is 0.489 e. The van der Waals surface area contributed by atoms with Gasteiger partial charge in [0.1, 0.15) is 30.1 Å². The second-order valence-electron chi connectivity index (χ2n) is 9.64. The van der Waals surface area contributed by atoms with Crippen LogP contribution in [0.2, 0.25) is 0 Å². The van der Waals surface area contributed by atoms with Crippen molar-refractivity contribution in [2.24, 2.45) is 5.92 Å². The number of nitrogens with two attached hydrogens (primary N) is 1. The van der Waals surface area contributed by atoms with Crippen molar-refractivity contribution in [2.45, 2.75) is 44.6 Å². The number of hydrogen-bond donors (Lipinski definition) is 2. The van der Waals surface area contributed by atoms with Crippen molar-refractivity contribution < 1.29 is 13.2 Å². The maximum absolute atomic E-state index is 12.1. The predicted octanol–water partition coefficient (Wildman–Crippen LogP) is 4.54. The van der Waals surface area contributed by atoms with Crippen LogP contribution in [-0.4, -0.2) is 34.7 Å². The van der Waals surface area contributed by atoms with Gasteiger partial charge >= 0.3 is 0 Å². The zero-order valence-electron chi connectivity index (χ0n) is 20.5. The first-order chi connectivity index (χ1) is 17.3. The van der Waals surface area contributed by atoms with Crippen LogP contribution >= 0.6 is 0 Å². The highest BCUT2D eigenvalue weighted by molar-refractivity contribution is 7.90. The van der Waals surface area contributed by atoms with Crippen molar-refractivity contribution in [3.8, 4) is 16.9 Å². The third kappa shape index (κ3) is 4.94. The first-order valence-electron chi connectivity index (χ1n) is 12.2. The summed E-state index contributed by atoms with van der Waals surface area (Å²) in [6.45, 7) is 4.32. The molecular weight excluding hydrogens is 474 g/mol. The van der Waals surface area contributed by atoms with Crippen LogP contribution in [0.3, 0.4) is 0 Å². The van der Waals surface area contributed by atoms with Crippen LogP contribution in [0.15, 0.2) is 67.1 Å². The molecule has 188 valence electrons. The average Bonchev–Trinajstić information content (AvgIpc) is 3.23. The van der Waals surface area contributed by atoms with Crippen LogP contribution in [0.5, 0.6) is 5.75 Å². The molecule has 1 aliphatic rings. The molecule has 0 atom stereocenters. The number of ether oxygens (including phenoxy) is 1. The molecule has 8 nitrogen and oxygen atoms in total. The third-order valence-electron chi connectivity index (χ3n) is 6.83. The molecule has 0 unspecified atom stereocenters. The molecule has 2 heterocycles. The summed E-state index contributed by atoms with van der Waals surface area (Å²) in [5.74, 6) is 1.50. The van der Waals surface area contributed by atoms with Crippen molar-refractivity contribution in [3.63, 3.8) is 0 Å². The van der Waals surface area contributed by atoms with E-state index in [4.69, 9.17) is 10.5 Å². The minimum absolute atomic E-state index is 0.224. The standard InChI is InChI=1S/C27H31N5O3S/c1-18(2)36(33,34)31-14-20-11-22(12-20)32-15-24(25-26(28)29-17-30-27(25)32)21-9-6-10-23(13-21)35-16-19-7-4-3-5-8-19/h3-10,13,15,17-18,20,22,31H,11-12,14,16H2,1-2H3,(H2,28,29,30)/t20-,22-. The second-order valence-corrected chi connectivity index (χ2v) is 12.0. The van der Waals surface area contributed by atoms with E-state index in [2.05, 4.69) is 25.5 Å². The second kappa shape index (κ2) is 9.91. The smallest absolute Gasteiger partial charge is 0.213 e. The molecule has 1 saturated carbocycles. The van der Waals surface area contributed by atoms with Gasteiger partial charge in [0.25, 0.3) is 0 Å². The number of benzene rings is 2. The molecule has 3 N–H and O–H groups in total. The van der Waals surface area contributed by atoms with Gasteiger partial charge in [-0.05, 0) is 55.9 Å².